The Hall–Kier alpha value is -3.61. The topological polar surface area (TPSA) is 68.6 Å². The average molecular weight is 379 g/mol. The number of halogens is 1. The van der Waals surface area contributed by atoms with Crippen LogP contribution in [0.4, 0.5) is 4.39 Å². The molecule has 0 radical (unpaired) electrons. The van der Waals surface area contributed by atoms with Crippen LogP contribution in [0.15, 0.2) is 65.5 Å². The van der Waals surface area contributed by atoms with Crippen molar-refractivity contribution < 1.29 is 13.9 Å². The highest BCUT2D eigenvalue weighted by atomic mass is 19.1. The zero-order valence-corrected chi connectivity index (χ0v) is 15.3. The van der Waals surface area contributed by atoms with Crippen molar-refractivity contribution in [2.75, 3.05) is 7.11 Å². The smallest absolute Gasteiger partial charge is 0.273 e. The van der Waals surface area contributed by atoms with Gasteiger partial charge >= 0.3 is 0 Å². The van der Waals surface area contributed by atoms with Crippen LogP contribution in [-0.4, -0.2) is 21.7 Å². The van der Waals surface area contributed by atoms with Gasteiger partial charge in [-0.05, 0) is 48.9 Å². The van der Waals surface area contributed by atoms with Gasteiger partial charge in [0.15, 0.2) is 17.1 Å². The summed E-state index contributed by atoms with van der Waals surface area (Å²) in [7, 11) is 1.57. The molecule has 1 atom stereocenters. The van der Waals surface area contributed by atoms with Gasteiger partial charge in [0.1, 0.15) is 11.9 Å². The van der Waals surface area contributed by atoms with Gasteiger partial charge in [-0.3, -0.25) is 9.89 Å². The van der Waals surface area contributed by atoms with E-state index in [-0.39, 0.29) is 11.4 Å². The Morgan fingerprint density at radius 2 is 1.79 bits per heavy atom. The molecule has 6 nitrogen and oxygen atoms in total. The number of aromatic nitrogens is 3. The summed E-state index contributed by atoms with van der Waals surface area (Å²) in [6.07, 6.45) is -0.460. The van der Waals surface area contributed by atoms with E-state index in [2.05, 4.69) is 10.1 Å². The number of aromatic amines is 1. The van der Waals surface area contributed by atoms with Crippen molar-refractivity contribution in [1.29, 1.82) is 0 Å². The minimum absolute atomic E-state index is 0.260. The third-order valence-electron chi connectivity index (χ3n) is 4.41. The number of methoxy groups -OCH3 is 1. The Bertz CT molecular complexity index is 1180. The van der Waals surface area contributed by atoms with Crippen LogP contribution in [0.5, 0.6) is 11.5 Å². The van der Waals surface area contributed by atoms with Gasteiger partial charge in [0, 0.05) is 12.1 Å². The fourth-order valence-corrected chi connectivity index (χ4v) is 2.96. The number of hydrogen-bond donors (Lipinski definition) is 1. The summed E-state index contributed by atoms with van der Waals surface area (Å²) in [6, 6.07) is 16.5. The van der Waals surface area contributed by atoms with Gasteiger partial charge in [0.05, 0.1) is 18.5 Å². The van der Waals surface area contributed by atoms with Gasteiger partial charge in [-0.2, -0.15) is 0 Å². The van der Waals surface area contributed by atoms with Gasteiger partial charge in [-0.15, -0.1) is 0 Å². The number of rotatable bonds is 5. The molecular weight excluding hydrogens is 361 g/mol. The molecule has 7 heteroatoms. The Kier molecular flexibility index (Phi) is 4.57. The van der Waals surface area contributed by atoms with Crippen LogP contribution in [0.2, 0.25) is 0 Å². The summed E-state index contributed by atoms with van der Waals surface area (Å²) in [5.74, 6) is 0.854. The lowest BCUT2D eigenvalue weighted by Crippen LogP contribution is -2.18. The molecule has 2 aromatic heterocycles. The van der Waals surface area contributed by atoms with Crippen LogP contribution in [0.1, 0.15) is 18.7 Å². The van der Waals surface area contributed by atoms with Crippen molar-refractivity contribution in [3.63, 3.8) is 0 Å². The molecule has 0 bridgehead atoms. The normalized spacial score (nSPS) is 12.1. The maximum atomic E-state index is 13.1. The zero-order chi connectivity index (χ0) is 19.7. The van der Waals surface area contributed by atoms with Crippen molar-refractivity contribution in [3.05, 3.63) is 82.5 Å². The van der Waals surface area contributed by atoms with Crippen LogP contribution in [0.25, 0.3) is 16.9 Å². The Morgan fingerprint density at radius 3 is 2.50 bits per heavy atom. The van der Waals surface area contributed by atoms with Crippen LogP contribution < -0.4 is 15.0 Å². The number of nitrogens with zero attached hydrogens (tertiary/aromatic N) is 2. The van der Waals surface area contributed by atoms with Crippen LogP contribution >= 0.6 is 0 Å². The first-order valence-electron chi connectivity index (χ1n) is 8.73. The second kappa shape index (κ2) is 7.19. The number of fused-ring (bicyclic) bond motifs is 1. The lowest BCUT2D eigenvalue weighted by atomic mass is 10.1. The molecule has 1 N–H and O–H groups in total. The molecule has 0 saturated heterocycles. The summed E-state index contributed by atoms with van der Waals surface area (Å²) in [5.41, 5.74) is 2.12. The third-order valence-corrected chi connectivity index (χ3v) is 4.41. The fourth-order valence-electron chi connectivity index (χ4n) is 2.96. The highest BCUT2D eigenvalue weighted by molar-refractivity contribution is 5.63. The second-order valence-corrected chi connectivity index (χ2v) is 6.30. The molecule has 0 fully saturated rings. The van der Waals surface area contributed by atoms with Gasteiger partial charge in [0.25, 0.3) is 5.56 Å². The van der Waals surface area contributed by atoms with Gasteiger partial charge < -0.3 is 9.47 Å². The Balaban J connectivity index is 1.68. The van der Waals surface area contributed by atoms with Gasteiger partial charge in [0.2, 0.25) is 0 Å². The highest BCUT2D eigenvalue weighted by Gasteiger charge is 2.15. The van der Waals surface area contributed by atoms with Crippen LogP contribution in [-0.2, 0) is 0 Å². The molecule has 2 aromatic carbocycles. The molecule has 0 aliphatic heterocycles. The summed E-state index contributed by atoms with van der Waals surface area (Å²) in [4.78, 5) is 17.1. The van der Waals surface area contributed by atoms with E-state index in [4.69, 9.17) is 9.47 Å². The van der Waals surface area contributed by atoms with Crippen LogP contribution in [0, 0.1) is 5.82 Å². The van der Waals surface area contributed by atoms with E-state index in [1.807, 2.05) is 19.1 Å². The lowest BCUT2D eigenvalue weighted by molar-refractivity contribution is 0.211. The molecule has 2 heterocycles. The van der Waals surface area contributed by atoms with Crippen LogP contribution in [0.3, 0.4) is 0 Å². The molecule has 28 heavy (non-hydrogen) atoms. The fraction of sp³-hybridized carbons (Fsp3) is 0.143. The predicted molar refractivity (Wildman–Crippen MR) is 103 cm³/mol. The predicted octanol–water partition coefficient (Wildman–Crippen LogP) is 3.98. The highest BCUT2D eigenvalue weighted by Crippen LogP contribution is 2.30. The number of H-pyrrole nitrogens is 1. The third kappa shape index (κ3) is 3.34. The number of benzene rings is 2. The molecular formula is C21H18FN3O3. The largest absolute Gasteiger partial charge is 0.493 e. The summed E-state index contributed by atoms with van der Waals surface area (Å²) in [5, 5.41) is 2.99. The molecule has 0 saturated carbocycles. The minimum Gasteiger partial charge on any atom is -0.493 e. The first-order valence-corrected chi connectivity index (χ1v) is 8.73. The van der Waals surface area contributed by atoms with E-state index >= 15 is 0 Å². The number of nitrogens with one attached hydrogen (secondary N) is 1. The first kappa shape index (κ1) is 17.8. The van der Waals surface area contributed by atoms with Crippen molar-refractivity contribution in [3.8, 4) is 22.8 Å². The van der Waals surface area contributed by atoms with Crippen molar-refractivity contribution in [2.24, 2.45) is 0 Å². The Labute approximate surface area is 160 Å². The summed E-state index contributed by atoms with van der Waals surface area (Å²) < 4.78 is 25.7. The lowest BCUT2D eigenvalue weighted by Gasteiger charge is -2.16. The monoisotopic (exact) mass is 379 g/mol. The summed E-state index contributed by atoms with van der Waals surface area (Å²) in [6.45, 7) is 1.82. The number of ether oxygens (including phenoxy) is 2. The average Bonchev–Trinajstić information content (AvgIpc) is 3.14. The molecule has 4 aromatic rings. The number of hydrogen-bond acceptors (Lipinski definition) is 4. The number of para-hydroxylation sites is 2. The first-order chi connectivity index (χ1) is 13.5. The molecule has 0 aliphatic carbocycles. The molecule has 0 aliphatic rings. The molecule has 142 valence electrons. The van der Waals surface area contributed by atoms with E-state index in [0.717, 1.165) is 5.56 Å². The molecule has 0 amide bonds. The molecule has 0 spiro atoms. The SMILES string of the molecule is COc1ccccc1OC(C)c1cc(=O)n2[nH]c(-c3ccc(F)cc3)cc2n1. The maximum absolute atomic E-state index is 13.1. The van der Waals surface area contributed by atoms with Crippen molar-refractivity contribution in [2.45, 2.75) is 13.0 Å². The molecule has 4 rings (SSSR count). The van der Waals surface area contributed by atoms with E-state index in [1.54, 1.807) is 37.4 Å². The Morgan fingerprint density at radius 1 is 1.07 bits per heavy atom. The van der Waals surface area contributed by atoms with E-state index in [1.165, 1.54) is 22.7 Å². The van der Waals surface area contributed by atoms with Gasteiger partial charge in [-0.25, -0.2) is 13.9 Å². The van der Waals surface area contributed by atoms with E-state index < -0.39 is 6.10 Å². The summed E-state index contributed by atoms with van der Waals surface area (Å²) >= 11 is 0. The van der Waals surface area contributed by atoms with E-state index in [9.17, 15) is 9.18 Å². The second-order valence-electron chi connectivity index (χ2n) is 6.30. The zero-order valence-electron chi connectivity index (χ0n) is 15.3. The minimum atomic E-state index is -0.460. The maximum Gasteiger partial charge on any atom is 0.273 e. The van der Waals surface area contributed by atoms with Crippen molar-refractivity contribution >= 4 is 5.65 Å². The molecule has 1 unspecified atom stereocenters. The van der Waals surface area contributed by atoms with E-state index in [0.29, 0.717) is 28.5 Å². The van der Waals surface area contributed by atoms with Gasteiger partial charge in [-0.1, -0.05) is 12.1 Å². The quantitative estimate of drug-likeness (QED) is 0.570. The standard InChI is InChI=1S/C21H18FN3O3/c1-13(28-19-6-4-3-5-18(19)27-2)16-12-21(26)25-20(23-16)11-17(24-25)14-7-9-15(22)10-8-14/h3-13,24H,1-2H3. The van der Waals surface area contributed by atoms with Crippen molar-refractivity contribution in [1.82, 2.24) is 14.6 Å².